The van der Waals surface area contributed by atoms with Gasteiger partial charge in [0.15, 0.2) is 0 Å². The second kappa shape index (κ2) is 11.1. The third kappa shape index (κ3) is 9.45. The van der Waals surface area contributed by atoms with Crippen molar-refractivity contribution in [1.82, 2.24) is 9.97 Å². The van der Waals surface area contributed by atoms with Crippen molar-refractivity contribution in [2.45, 2.75) is 40.5 Å². The van der Waals surface area contributed by atoms with Crippen LogP contribution in [0.2, 0.25) is 0 Å². The Morgan fingerprint density at radius 2 is 1.64 bits per heavy atom. The van der Waals surface area contributed by atoms with Crippen molar-refractivity contribution in [2.24, 2.45) is 0 Å². The van der Waals surface area contributed by atoms with Gasteiger partial charge in [0, 0.05) is 29.5 Å². The van der Waals surface area contributed by atoms with E-state index >= 15 is 0 Å². The molecule has 1 aromatic heterocycles. The summed E-state index contributed by atoms with van der Waals surface area (Å²) in [5, 5.41) is 14.8. The zero-order valence-electron chi connectivity index (χ0n) is 14.8. The fourth-order valence-corrected chi connectivity index (χ4v) is 3.38. The van der Waals surface area contributed by atoms with Crippen LogP contribution in [0.15, 0.2) is 6.07 Å². The molecule has 9 nitrogen and oxygen atoms in total. The fraction of sp³-hybridized carbons (Fsp3) is 0.571. The summed E-state index contributed by atoms with van der Waals surface area (Å²) >= 11 is 5.32. The van der Waals surface area contributed by atoms with E-state index in [1.165, 1.54) is 0 Å². The molecule has 0 fully saturated rings. The maximum atomic E-state index is 9.10. The molecule has 0 aliphatic rings. The highest BCUT2D eigenvalue weighted by Gasteiger charge is 2.22. The molecule has 0 bridgehead atoms. The Bertz CT molecular complexity index is 618. The molecule has 11 heteroatoms. The highest BCUT2D eigenvalue weighted by atomic mass is 32.5. The van der Waals surface area contributed by atoms with Gasteiger partial charge in [-0.2, -0.15) is 4.98 Å². The van der Waals surface area contributed by atoms with E-state index in [1.807, 2.05) is 34.6 Å². The Morgan fingerprint density at radius 3 is 2.00 bits per heavy atom. The van der Waals surface area contributed by atoms with Gasteiger partial charge in [-0.25, -0.2) is 14.6 Å². The summed E-state index contributed by atoms with van der Waals surface area (Å²) in [6.45, 7) is 7.78. The summed E-state index contributed by atoms with van der Waals surface area (Å²) in [6.07, 6.45) is 0. The number of carboxylic acid groups (broad SMARTS) is 2. The normalized spacial score (nSPS) is 10.8. The van der Waals surface area contributed by atoms with Crippen molar-refractivity contribution in [3.05, 3.63) is 17.6 Å². The van der Waals surface area contributed by atoms with Gasteiger partial charge in [-0.05, 0) is 20.8 Å². The van der Waals surface area contributed by atoms with E-state index in [-0.39, 0.29) is 5.92 Å². The molecule has 0 radical (unpaired) electrons. The Balaban J connectivity index is 0.000000823. The number of aliphatic carboxylic acids is 2. The third-order valence-corrected chi connectivity index (χ3v) is 4.74. The summed E-state index contributed by atoms with van der Waals surface area (Å²) in [7, 11) is 0. The molecule has 0 saturated heterocycles. The number of hydrogen-bond acceptors (Lipinski definition) is 8. The first-order chi connectivity index (χ1) is 11.5. The largest absolute Gasteiger partial charge is 0.473 e. The topological polar surface area (TPSA) is 128 Å². The number of carbonyl (C=O) groups is 2. The van der Waals surface area contributed by atoms with E-state index in [2.05, 4.69) is 9.97 Å². The third-order valence-electron chi connectivity index (χ3n) is 2.33. The van der Waals surface area contributed by atoms with Gasteiger partial charge in [0.25, 0.3) is 0 Å². The quantitative estimate of drug-likeness (QED) is 0.526. The van der Waals surface area contributed by atoms with Gasteiger partial charge in [-0.15, -0.1) is 0 Å². The lowest BCUT2D eigenvalue weighted by Crippen LogP contribution is -2.09. The standard InChI is InChI=1S/C12H21N2O3PS.C2H2O4/c1-6-15-18(19,16-7-2)17-11-8-10(5)13-12(14-11)9(3)4;3-1(4)2(5)6/h8-9H,6-7H2,1-5H3;(H,3,4)(H,5,6). The summed E-state index contributed by atoms with van der Waals surface area (Å²) in [5.41, 5.74) is 0.836. The lowest BCUT2D eigenvalue weighted by molar-refractivity contribution is -0.159. The molecule has 1 heterocycles. The lowest BCUT2D eigenvalue weighted by Gasteiger charge is -2.20. The summed E-state index contributed by atoms with van der Waals surface area (Å²) < 4.78 is 16.6. The first-order valence-corrected chi connectivity index (χ1v) is 10.0. The first kappa shape index (κ1) is 23.4. The Morgan fingerprint density at radius 1 is 1.16 bits per heavy atom. The molecule has 0 aliphatic carbocycles. The van der Waals surface area contributed by atoms with Crippen molar-refractivity contribution < 1.29 is 33.4 Å². The SMILES string of the molecule is CCOP(=S)(OCC)Oc1cc(C)nc(C(C)C)n1.O=C(O)C(=O)O. The highest BCUT2D eigenvalue weighted by Crippen LogP contribution is 2.49. The van der Waals surface area contributed by atoms with Crippen LogP contribution in [0.25, 0.3) is 0 Å². The minimum absolute atomic E-state index is 0.222. The van der Waals surface area contributed by atoms with Gasteiger partial charge in [0.05, 0.1) is 13.2 Å². The summed E-state index contributed by atoms with van der Waals surface area (Å²) in [6, 6.07) is 1.74. The van der Waals surface area contributed by atoms with Crippen LogP contribution in [-0.2, 0) is 30.4 Å². The molecule has 1 aromatic rings. The molecule has 0 saturated carbocycles. The fourth-order valence-electron chi connectivity index (χ4n) is 1.39. The minimum Gasteiger partial charge on any atom is -0.473 e. The Hall–Kier alpha value is -1.61. The molecule has 142 valence electrons. The number of carboxylic acids is 2. The zero-order chi connectivity index (χ0) is 19.6. The second-order valence-corrected chi connectivity index (χ2v) is 7.78. The van der Waals surface area contributed by atoms with Crippen LogP contribution >= 0.6 is 6.72 Å². The Labute approximate surface area is 151 Å². The second-order valence-electron chi connectivity index (χ2n) is 4.84. The number of nitrogens with zero attached hydrogens (tertiary/aromatic N) is 2. The van der Waals surface area contributed by atoms with Gasteiger partial charge in [-0.3, -0.25) is 9.05 Å². The molecule has 25 heavy (non-hydrogen) atoms. The van der Waals surface area contributed by atoms with Gasteiger partial charge in [0.2, 0.25) is 5.88 Å². The average molecular weight is 394 g/mol. The van der Waals surface area contributed by atoms with Crippen LogP contribution in [0.4, 0.5) is 0 Å². The predicted octanol–water partition coefficient (Wildman–Crippen LogP) is 2.74. The number of aromatic nitrogens is 2. The summed E-state index contributed by atoms with van der Waals surface area (Å²) in [5.74, 6) is -2.28. The van der Waals surface area contributed by atoms with E-state index in [4.69, 9.17) is 45.2 Å². The van der Waals surface area contributed by atoms with Gasteiger partial charge < -0.3 is 14.7 Å². The van der Waals surface area contributed by atoms with Crippen LogP contribution in [0, 0.1) is 6.92 Å². The van der Waals surface area contributed by atoms with Crippen LogP contribution in [-0.4, -0.2) is 45.3 Å². The maximum absolute atomic E-state index is 9.10. The maximum Gasteiger partial charge on any atom is 0.414 e. The van der Waals surface area contributed by atoms with Crippen LogP contribution in [0.3, 0.4) is 0 Å². The van der Waals surface area contributed by atoms with Crippen molar-refractivity contribution in [3.8, 4) is 5.88 Å². The van der Waals surface area contributed by atoms with Gasteiger partial charge in [-0.1, -0.05) is 13.8 Å². The number of rotatable bonds is 7. The average Bonchev–Trinajstić information content (AvgIpc) is 2.47. The van der Waals surface area contributed by atoms with Crippen molar-refractivity contribution >= 4 is 30.5 Å². The molecule has 0 aromatic carbocycles. The van der Waals surface area contributed by atoms with E-state index in [1.54, 1.807) is 6.07 Å². The molecule has 1 rings (SSSR count). The molecule has 0 spiro atoms. The van der Waals surface area contributed by atoms with Crippen molar-refractivity contribution in [1.29, 1.82) is 0 Å². The Kier molecular flexibility index (Phi) is 10.4. The van der Waals surface area contributed by atoms with Crippen LogP contribution in [0.1, 0.15) is 45.1 Å². The molecular formula is C14H23N2O7PS. The molecule has 2 N–H and O–H groups in total. The lowest BCUT2D eigenvalue weighted by atomic mass is 10.2. The van der Waals surface area contributed by atoms with Crippen molar-refractivity contribution in [3.63, 3.8) is 0 Å². The zero-order valence-corrected chi connectivity index (χ0v) is 16.5. The minimum atomic E-state index is -2.77. The molecule has 0 aliphatic heterocycles. The van der Waals surface area contributed by atoms with E-state index < -0.39 is 18.7 Å². The molecule has 0 atom stereocenters. The van der Waals surface area contributed by atoms with Crippen LogP contribution < -0.4 is 4.52 Å². The van der Waals surface area contributed by atoms with Crippen molar-refractivity contribution in [2.75, 3.05) is 13.2 Å². The molecular weight excluding hydrogens is 371 g/mol. The van der Waals surface area contributed by atoms with E-state index in [0.717, 1.165) is 11.5 Å². The van der Waals surface area contributed by atoms with Crippen LogP contribution in [0.5, 0.6) is 5.88 Å². The van der Waals surface area contributed by atoms with E-state index in [9.17, 15) is 0 Å². The molecule has 0 unspecified atom stereocenters. The smallest absolute Gasteiger partial charge is 0.414 e. The number of aryl methyl sites for hydroxylation is 1. The van der Waals surface area contributed by atoms with E-state index in [0.29, 0.717) is 19.1 Å². The molecule has 0 amide bonds. The van der Waals surface area contributed by atoms with Gasteiger partial charge >= 0.3 is 18.7 Å². The van der Waals surface area contributed by atoms with Gasteiger partial charge in [0.1, 0.15) is 5.82 Å². The predicted molar refractivity (Wildman–Crippen MR) is 94.3 cm³/mol. The highest BCUT2D eigenvalue weighted by molar-refractivity contribution is 8.07. The first-order valence-electron chi connectivity index (χ1n) is 7.45. The number of hydrogen-bond donors (Lipinski definition) is 2. The monoisotopic (exact) mass is 394 g/mol. The summed E-state index contributed by atoms with van der Waals surface area (Å²) in [4.78, 5) is 26.9.